The average molecular weight is 346 g/mol. The van der Waals surface area contributed by atoms with Crippen molar-refractivity contribution in [2.24, 2.45) is 0 Å². The van der Waals surface area contributed by atoms with E-state index < -0.39 is 6.10 Å². The van der Waals surface area contributed by atoms with Gasteiger partial charge in [0.05, 0.1) is 0 Å². The summed E-state index contributed by atoms with van der Waals surface area (Å²) in [4.78, 5) is 11.9. The molecular formula is C17H16BrNO2. The molecule has 4 heteroatoms. The van der Waals surface area contributed by atoms with Crippen molar-refractivity contribution in [3.63, 3.8) is 0 Å². The number of carbonyl (C=O) groups is 1. The smallest absolute Gasteiger partial charge is 0.251 e. The second kappa shape index (κ2) is 5.62. The average Bonchev–Trinajstić information content (AvgIpc) is 2.47. The van der Waals surface area contributed by atoms with Gasteiger partial charge in [-0.05, 0) is 47.7 Å². The Morgan fingerprint density at radius 3 is 2.81 bits per heavy atom. The monoisotopic (exact) mass is 345 g/mol. The third-order valence-corrected chi connectivity index (χ3v) is 4.51. The standard InChI is InChI=1S/C17H16BrNO2/c1-10-2-5-13(15(18)8-10)16(20)12-4-3-11-6-7-19-17(21)14(11)9-12/h2-5,8-9,16,20H,6-7H2,1H3,(H,19,21). The molecule has 3 rings (SSSR count). The predicted octanol–water partition coefficient (Wildman–Crippen LogP) is 3.13. The van der Waals surface area contributed by atoms with Crippen molar-refractivity contribution in [3.05, 3.63) is 68.7 Å². The number of aliphatic hydroxyl groups excluding tert-OH is 1. The Hall–Kier alpha value is -1.65. The molecule has 1 amide bonds. The highest BCUT2D eigenvalue weighted by Crippen LogP contribution is 2.30. The van der Waals surface area contributed by atoms with Crippen molar-refractivity contribution in [1.82, 2.24) is 5.32 Å². The minimum Gasteiger partial charge on any atom is -0.384 e. The van der Waals surface area contributed by atoms with E-state index in [2.05, 4.69) is 21.2 Å². The van der Waals surface area contributed by atoms with Gasteiger partial charge in [-0.3, -0.25) is 4.79 Å². The highest BCUT2D eigenvalue weighted by atomic mass is 79.9. The van der Waals surface area contributed by atoms with Gasteiger partial charge < -0.3 is 10.4 Å². The number of hydrogen-bond acceptors (Lipinski definition) is 2. The summed E-state index contributed by atoms with van der Waals surface area (Å²) in [5, 5.41) is 13.4. The van der Waals surface area contributed by atoms with Crippen LogP contribution in [0.4, 0.5) is 0 Å². The van der Waals surface area contributed by atoms with Crippen molar-refractivity contribution < 1.29 is 9.90 Å². The van der Waals surface area contributed by atoms with E-state index in [0.29, 0.717) is 12.1 Å². The third-order valence-electron chi connectivity index (χ3n) is 3.82. The van der Waals surface area contributed by atoms with Crippen LogP contribution in [-0.2, 0) is 6.42 Å². The van der Waals surface area contributed by atoms with E-state index in [-0.39, 0.29) is 5.91 Å². The fourth-order valence-electron chi connectivity index (χ4n) is 2.63. The summed E-state index contributed by atoms with van der Waals surface area (Å²) in [7, 11) is 0. The Balaban J connectivity index is 2.00. The molecule has 1 unspecified atom stereocenters. The summed E-state index contributed by atoms with van der Waals surface area (Å²) in [6, 6.07) is 11.5. The molecule has 0 fully saturated rings. The van der Waals surface area contributed by atoms with Crippen LogP contribution in [0.15, 0.2) is 40.9 Å². The van der Waals surface area contributed by atoms with E-state index in [0.717, 1.165) is 33.1 Å². The quantitative estimate of drug-likeness (QED) is 0.878. The second-order valence-electron chi connectivity index (χ2n) is 5.35. The minimum atomic E-state index is -0.750. The normalized spacial score (nSPS) is 15.3. The molecular weight excluding hydrogens is 330 g/mol. The number of rotatable bonds is 2. The summed E-state index contributed by atoms with van der Waals surface area (Å²) in [6.07, 6.45) is 0.0890. The molecule has 2 N–H and O–H groups in total. The second-order valence-corrected chi connectivity index (χ2v) is 6.20. The lowest BCUT2D eigenvalue weighted by atomic mass is 9.93. The van der Waals surface area contributed by atoms with Crippen LogP contribution in [0.2, 0.25) is 0 Å². The van der Waals surface area contributed by atoms with Gasteiger partial charge in [0, 0.05) is 16.6 Å². The summed E-state index contributed by atoms with van der Waals surface area (Å²) < 4.78 is 0.872. The first-order chi connectivity index (χ1) is 10.1. The third kappa shape index (κ3) is 2.74. The molecule has 1 heterocycles. The lowest BCUT2D eigenvalue weighted by molar-refractivity contribution is 0.0945. The largest absolute Gasteiger partial charge is 0.384 e. The van der Waals surface area contributed by atoms with Crippen LogP contribution < -0.4 is 5.32 Å². The van der Waals surface area contributed by atoms with Gasteiger partial charge in [-0.2, -0.15) is 0 Å². The number of halogens is 1. The van der Waals surface area contributed by atoms with Gasteiger partial charge >= 0.3 is 0 Å². The molecule has 1 atom stereocenters. The fraction of sp³-hybridized carbons (Fsp3) is 0.235. The summed E-state index contributed by atoms with van der Waals surface area (Å²) in [5.41, 5.74) is 4.37. The molecule has 21 heavy (non-hydrogen) atoms. The molecule has 0 aromatic heterocycles. The number of aliphatic hydroxyl groups is 1. The number of aryl methyl sites for hydroxylation is 1. The number of nitrogens with one attached hydrogen (secondary N) is 1. The number of carbonyl (C=O) groups excluding carboxylic acids is 1. The lowest BCUT2D eigenvalue weighted by Crippen LogP contribution is -2.31. The van der Waals surface area contributed by atoms with Crippen LogP contribution in [0.1, 0.15) is 38.7 Å². The zero-order valence-electron chi connectivity index (χ0n) is 11.7. The number of benzene rings is 2. The molecule has 108 valence electrons. The van der Waals surface area contributed by atoms with Gasteiger partial charge in [-0.1, -0.05) is 40.2 Å². The van der Waals surface area contributed by atoms with Crippen molar-refractivity contribution in [3.8, 4) is 0 Å². The zero-order chi connectivity index (χ0) is 15.0. The molecule has 0 radical (unpaired) electrons. The summed E-state index contributed by atoms with van der Waals surface area (Å²) in [5.74, 6) is -0.0618. The van der Waals surface area contributed by atoms with Crippen LogP contribution >= 0.6 is 15.9 Å². The van der Waals surface area contributed by atoms with Gasteiger partial charge in [0.25, 0.3) is 5.91 Å². The molecule has 0 aliphatic carbocycles. The van der Waals surface area contributed by atoms with E-state index >= 15 is 0 Å². The first-order valence-electron chi connectivity index (χ1n) is 6.91. The van der Waals surface area contributed by atoms with Crippen LogP contribution in [0.5, 0.6) is 0 Å². The Kier molecular flexibility index (Phi) is 3.83. The van der Waals surface area contributed by atoms with Crippen molar-refractivity contribution in [2.45, 2.75) is 19.4 Å². The number of amides is 1. The van der Waals surface area contributed by atoms with Crippen molar-refractivity contribution in [1.29, 1.82) is 0 Å². The topological polar surface area (TPSA) is 49.3 Å². The Morgan fingerprint density at radius 1 is 1.24 bits per heavy atom. The van der Waals surface area contributed by atoms with Crippen LogP contribution in [0, 0.1) is 6.92 Å². The molecule has 0 spiro atoms. The van der Waals surface area contributed by atoms with E-state index in [1.54, 1.807) is 6.07 Å². The Bertz CT molecular complexity index is 712. The van der Waals surface area contributed by atoms with Gasteiger partial charge in [0.15, 0.2) is 0 Å². The maximum absolute atomic E-state index is 11.9. The molecule has 0 bridgehead atoms. The first kappa shape index (κ1) is 14.3. The SMILES string of the molecule is Cc1ccc(C(O)c2ccc3c(c2)C(=O)NCC3)c(Br)c1. The molecule has 1 aliphatic rings. The summed E-state index contributed by atoms with van der Waals surface area (Å²) in [6.45, 7) is 2.68. The van der Waals surface area contributed by atoms with Crippen LogP contribution in [0.25, 0.3) is 0 Å². The van der Waals surface area contributed by atoms with Gasteiger partial charge in [-0.25, -0.2) is 0 Å². The molecule has 3 nitrogen and oxygen atoms in total. The lowest BCUT2D eigenvalue weighted by Gasteiger charge is -2.19. The van der Waals surface area contributed by atoms with E-state index in [9.17, 15) is 9.90 Å². The molecule has 1 aliphatic heterocycles. The highest BCUT2D eigenvalue weighted by molar-refractivity contribution is 9.10. The number of hydrogen-bond donors (Lipinski definition) is 2. The molecule has 2 aromatic rings. The molecule has 2 aromatic carbocycles. The maximum atomic E-state index is 11.9. The van der Waals surface area contributed by atoms with E-state index in [1.165, 1.54) is 0 Å². The number of fused-ring (bicyclic) bond motifs is 1. The van der Waals surface area contributed by atoms with Crippen molar-refractivity contribution in [2.75, 3.05) is 6.54 Å². The predicted molar refractivity (Wildman–Crippen MR) is 85.4 cm³/mol. The Labute approximate surface area is 132 Å². The van der Waals surface area contributed by atoms with Gasteiger partial charge in [-0.15, -0.1) is 0 Å². The highest BCUT2D eigenvalue weighted by Gasteiger charge is 2.20. The maximum Gasteiger partial charge on any atom is 0.251 e. The molecule has 0 saturated heterocycles. The zero-order valence-corrected chi connectivity index (χ0v) is 13.3. The fourth-order valence-corrected chi connectivity index (χ4v) is 3.34. The first-order valence-corrected chi connectivity index (χ1v) is 7.70. The van der Waals surface area contributed by atoms with E-state index in [1.807, 2.05) is 37.3 Å². The molecule has 0 saturated carbocycles. The summed E-state index contributed by atoms with van der Waals surface area (Å²) >= 11 is 3.49. The Morgan fingerprint density at radius 2 is 2.05 bits per heavy atom. The minimum absolute atomic E-state index is 0.0618. The van der Waals surface area contributed by atoms with E-state index in [4.69, 9.17) is 0 Å². The van der Waals surface area contributed by atoms with Crippen molar-refractivity contribution >= 4 is 21.8 Å². The van der Waals surface area contributed by atoms with Gasteiger partial charge in [0.2, 0.25) is 0 Å². The van der Waals surface area contributed by atoms with Crippen LogP contribution in [-0.4, -0.2) is 17.6 Å². The van der Waals surface area contributed by atoms with Gasteiger partial charge in [0.1, 0.15) is 6.10 Å². The van der Waals surface area contributed by atoms with Crippen LogP contribution in [0.3, 0.4) is 0 Å².